The molecule has 0 bridgehead atoms. The Morgan fingerprint density at radius 3 is 2.44 bits per heavy atom. The summed E-state index contributed by atoms with van der Waals surface area (Å²) in [5.41, 5.74) is 0.586. The van der Waals surface area contributed by atoms with Crippen LogP contribution in [0.25, 0.3) is 0 Å². The first-order chi connectivity index (χ1) is 19.4. The van der Waals surface area contributed by atoms with Gasteiger partial charge in [-0.3, -0.25) is 4.79 Å². The zero-order valence-electron chi connectivity index (χ0n) is 23.9. The van der Waals surface area contributed by atoms with Crippen LogP contribution >= 0.6 is 0 Å². The average Bonchev–Trinajstić information content (AvgIpc) is 3.45. The lowest BCUT2D eigenvalue weighted by molar-refractivity contribution is -0.287. The van der Waals surface area contributed by atoms with Crippen LogP contribution in [0.4, 0.5) is 8.78 Å². The second kappa shape index (κ2) is 11.1. The fraction of sp³-hybridized carbons (Fsp3) is 0.548. The van der Waals surface area contributed by atoms with Gasteiger partial charge < -0.3 is 29.5 Å². The van der Waals surface area contributed by atoms with Crippen molar-refractivity contribution in [1.82, 2.24) is 10.2 Å². The highest BCUT2D eigenvalue weighted by Gasteiger charge is 2.59. The number of carbonyl (C=O) groups is 2. The minimum atomic E-state index is -3.77. The molecule has 2 aliphatic heterocycles. The van der Waals surface area contributed by atoms with Gasteiger partial charge >= 0.3 is 12.3 Å². The molecular weight excluding hydrogens is 534 g/mol. The van der Waals surface area contributed by atoms with Crippen LogP contribution in [-0.4, -0.2) is 47.4 Å². The summed E-state index contributed by atoms with van der Waals surface area (Å²) >= 11 is 0. The van der Waals surface area contributed by atoms with E-state index in [2.05, 4.69) is 10.1 Å². The minimum Gasteiger partial charge on any atom is -0.496 e. The monoisotopic (exact) mass is 572 g/mol. The molecule has 1 aliphatic carbocycles. The third kappa shape index (κ3) is 5.58. The molecule has 1 saturated heterocycles. The van der Waals surface area contributed by atoms with E-state index in [0.29, 0.717) is 16.9 Å². The van der Waals surface area contributed by atoms with Crippen LogP contribution in [0.3, 0.4) is 0 Å². The number of nitrogens with zero attached hydrogens (tertiary/aromatic N) is 1. The van der Waals surface area contributed by atoms with Gasteiger partial charge in [0.15, 0.2) is 11.5 Å². The topological polar surface area (TPSA) is 97.3 Å². The number of hydrogen-bond acceptors (Lipinski definition) is 6. The number of carbonyl (C=O) groups excluding carboxylic acids is 1. The fourth-order valence-corrected chi connectivity index (χ4v) is 6.92. The summed E-state index contributed by atoms with van der Waals surface area (Å²) in [6, 6.07) is 9.66. The average molecular weight is 573 g/mol. The lowest BCUT2D eigenvalue weighted by Crippen LogP contribution is -2.49. The number of aliphatic carboxylic acids is 1. The van der Waals surface area contributed by atoms with E-state index in [4.69, 9.17) is 9.47 Å². The highest BCUT2D eigenvalue weighted by atomic mass is 19.3. The Balaban J connectivity index is 1.61. The zero-order chi connectivity index (χ0) is 29.5. The summed E-state index contributed by atoms with van der Waals surface area (Å²) in [7, 11) is 1.55. The summed E-state index contributed by atoms with van der Waals surface area (Å²) in [5, 5.41) is 14.2. The number of ether oxygens (including phenoxy) is 3. The molecule has 2 aromatic rings. The molecule has 1 amide bonds. The van der Waals surface area contributed by atoms with Gasteiger partial charge in [-0.15, -0.1) is 8.78 Å². The van der Waals surface area contributed by atoms with Crippen molar-refractivity contribution in [1.29, 1.82) is 0 Å². The van der Waals surface area contributed by atoms with Gasteiger partial charge in [0.05, 0.1) is 13.2 Å². The number of nitrogens with one attached hydrogen (secondary N) is 1. The summed E-state index contributed by atoms with van der Waals surface area (Å²) in [6.07, 6.45) is 0.593. The number of carboxylic acid groups (broad SMARTS) is 1. The highest BCUT2D eigenvalue weighted by Crippen LogP contribution is 2.51. The Kier molecular flexibility index (Phi) is 7.89. The normalized spacial score (nSPS) is 25.8. The van der Waals surface area contributed by atoms with E-state index in [1.54, 1.807) is 30.2 Å². The van der Waals surface area contributed by atoms with Crippen molar-refractivity contribution in [2.24, 2.45) is 17.3 Å². The number of fused-ring (bicyclic) bond motifs is 1. The molecule has 1 saturated carbocycles. The molecule has 2 heterocycles. The standard InChI is InChI=1S/C31H38F2N2O6/c1-30(2,3)23-24(34-17-19-13-10-16-22-27(19)41-31(32,33)40-22)25(20-14-8-9-15-21(20)39-4)35(26(23)29(37)38)28(36)18-11-6-5-7-12-18/h8-10,13-16,18,23-26,34H,5-7,11-12,17H2,1-4H3,(H,37,38)/t23-,24-,25-,26-/m1/s1. The lowest BCUT2D eigenvalue weighted by atomic mass is 9.72. The summed E-state index contributed by atoms with van der Waals surface area (Å²) < 4.78 is 43.0. The number of carboxylic acids is 1. The highest BCUT2D eigenvalue weighted by molar-refractivity contribution is 5.87. The number of rotatable bonds is 7. The van der Waals surface area contributed by atoms with Crippen molar-refractivity contribution in [3.8, 4) is 17.2 Å². The molecule has 0 spiro atoms. The van der Waals surface area contributed by atoms with Crippen LogP contribution in [0.15, 0.2) is 42.5 Å². The molecule has 0 aromatic heterocycles. The van der Waals surface area contributed by atoms with Gasteiger partial charge in [-0.1, -0.05) is 70.4 Å². The van der Waals surface area contributed by atoms with E-state index in [9.17, 15) is 23.5 Å². The van der Waals surface area contributed by atoms with E-state index in [1.807, 2.05) is 39.0 Å². The number of amides is 1. The Morgan fingerprint density at radius 1 is 1.07 bits per heavy atom. The Bertz CT molecular complexity index is 1290. The molecule has 8 nitrogen and oxygen atoms in total. The summed E-state index contributed by atoms with van der Waals surface area (Å²) in [5.74, 6) is -1.61. The van der Waals surface area contributed by atoms with Crippen molar-refractivity contribution in [3.05, 3.63) is 53.6 Å². The van der Waals surface area contributed by atoms with E-state index < -0.39 is 41.7 Å². The predicted octanol–water partition coefficient (Wildman–Crippen LogP) is 5.75. The Morgan fingerprint density at radius 2 is 1.78 bits per heavy atom. The van der Waals surface area contributed by atoms with Gasteiger partial charge in [-0.2, -0.15) is 0 Å². The number of halogens is 2. The second-order valence-electron chi connectivity index (χ2n) is 12.3. The minimum absolute atomic E-state index is 0.0610. The first kappa shape index (κ1) is 29.1. The Hall–Kier alpha value is -3.40. The predicted molar refractivity (Wildman–Crippen MR) is 147 cm³/mol. The largest absolute Gasteiger partial charge is 0.586 e. The molecule has 2 N–H and O–H groups in total. The van der Waals surface area contributed by atoms with Gasteiger partial charge in [0.25, 0.3) is 0 Å². The number of hydrogen-bond donors (Lipinski definition) is 2. The molecule has 4 atom stereocenters. The molecule has 3 aliphatic rings. The third-order valence-corrected chi connectivity index (χ3v) is 8.62. The number of likely N-dealkylation sites (tertiary alicyclic amines) is 1. The molecule has 2 aromatic carbocycles. The van der Waals surface area contributed by atoms with Crippen LogP contribution in [0.5, 0.6) is 17.2 Å². The maximum Gasteiger partial charge on any atom is 0.586 e. The van der Waals surface area contributed by atoms with Crippen molar-refractivity contribution >= 4 is 11.9 Å². The quantitative estimate of drug-likeness (QED) is 0.436. The van der Waals surface area contributed by atoms with Gasteiger partial charge in [0, 0.05) is 35.5 Å². The van der Waals surface area contributed by atoms with Crippen LogP contribution in [0, 0.1) is 17.3 Å². The maximum atomic E-state index is 14.3. The van der Waals surface area contributed by atoms with Crippen molar-refractivity contribution < 1.29 is 37.7 Å². The molecule has 10 heteroatoms. The van der Waals surface area contributed by atoms with Crippen LogP contribution < -0.4 is 19.5 Å². The van der Waals surface area contributed by atoms with E-state index in [-0.39, 0.29) is 29.9 Å². The van der Waals surface area contributed by atoms with E-state index >= 15 is 0 Å². The number of benzene rings is 2. The molecule has 0 radical (unpaired) electrons. The molecule has 0 unspecified atom stereocenters. The molecule has 222 valence electrons. The first-order valence-electron chi connectivity index (χ1n) is 14.2. The van der Waals surface area contributed by atoms with E-state index in [0.717, 1.165) is 32.1 Å². The van der Waals surface area contributed by atoms with Crippen molar-refractivity contribution in [2.75, 3.05) is 7.11 Å². The van der Waals surface area contributed by atoms with Crippen LogP contribution in [0.2, 0.25) is 0 Å². The van der Waals surface area contributed by atoms with Crippen LogP contribution in [0.1, 0.15) is 70.0 Å². The third-order valence-electron chi connectivity index (χ3n) is 8.62. The molecule has 2 fully saturated rings. The maximum absolute atomic E-state index is 14.3. The van der Waals surface area contributed by atoms with Crippen molar-refractivity contribution in [2.45, 2.75) is 83.8 Å². The summed E-state index contributed by atoms with van der Waals surface area (Å²) in [6.45, 7) is 5.99. The SMILES string of the molecule is COc1ccccc1[C@@H]1[C@H](NCc2cccc3c2OC(F)(F)O3)[C@@H](C(C)(C)C)[C@H](C(=O)O)N1C(=O)C1CCCCC1. The fourth-order valence-electron chi connectivity index (χ4n) is 6.92. The van der Waals surface area contributed by atoms with Gasteiger partial charge in [-0.05, 0) is 30.4 Å². The molecule has 5 rings (SSSR count). The van der Waals surface area contributed by atoms with Gasteiger partial charge in [-0.25, -0.2) is 4.79 Å². The van der Waals surface area contributed by atoms with Gasteiger partial charge in [0.1, 0.15) is 11.8 Å². The van der Waals surface area contributed by atoms with E-state index in [1.165, 1.54) is 6.07 Å². The summed E-state index contributed by atoms with van der Waals surface area (Å²) in [4.78, 5) is 28.9. The second-order valence-corrected chi connectivity index (χ2v) is 12.3. The van der Waals surface area contributed by atoms with Crippen LogP contribution in [-0.2, 0) is 16.1 Å². The number of methoxy groups -OCH3 is 1. The Labute approximate surface area is 239 Å². The van der Waals surface area contributed by atoms with Gasteiger partial charge in [0.2, 0.25) is 5.91 Å². The number of alkyl halides is 2. The zero-order valence-corrected chi connectivity index (χ0v) is 23.9. The smallest absolute Gasteiger partial charge is 0.496 e. The molecular formula is C31H38F2N2O6. The first-order valence-corrected chi connectivity index (χ1v) is 14.2. The molecule has 41 heavy (non-hydrogen) atoms. The van der Waals surface area contributed by atoms with Crippen molar-refractivity contribution in [3.63, 3.8) is 0 Å². The lowest BCUT2D eigenvalue weighted by Gasteiger charge is -2.36. The number of para-hydroxylation sites is 2.